The third kappa shape index (κ3) is 4.09. The minimum absolute atomic E-state index is 0.171. The van der Waals surface area contributed by atoms with Crippen LogP contribution in [0.4, 0.5) is 11.4 Å². The number of pyridine rings is 1. The molecule has 0 saturated carbocycles. The topological polar surface area (TPSA) is 71.9 Å². The molecule has 0 amide bonds. The lowest BCUT2D eigenvalue weighted by Gasteiger charge is -2.43. The molecule has 0 radical (unpaired) electrons. The summed E-state index contributed by atoms with van der Waals surface area (Å²) in [4.78, 5) is 24.0. The highest BCUT2D eigenvalue weighted by Crippen LogP contribution is 2.27. The summed E-state index contributed by atoms with van der Waals surface area (Å²) >= 11 is 2.19. The Kier molecular flexibility index (Phi) is 5.84. The first kappa shape index (κ1) is 20.9. The molecule has 30 heavy (non-hydrogen) atoms. The van der Waals surface area contributed by atoms with Crippen LogP contribution < -0.4 is 10.5 Å². The SMILES string of the molecule is C[C@@H]1CN(c2ccc(N=Cc3c(O)[nH]c(=O)c4ccc(I)cc34)cc2)[C@@H](C)CN1C. The Morgan fingerprint density at radius 1 is 1.10 bits per heavy atom. The number of rotatable bonds is 3. The number of aromatic hydroxyl groups is 1. The average Bonchev–Trinajstić information content (AvgIpc) is 2.71. The maximum atomic E-state index is 12.1. The first-order chi connectivity index (χ1) is 14.3. The molecule has 2 atom stereocenters. The molecule has 7 heteroatoms. The van der Waals surface area contributed by atoms with Gasteiger partial charge in [0.25, 0.3) is 5.56 Å². The summed E-state index contributed by atoms with van der Waals surface area (Å²) in [5, 5.41) is 11.5. The number of nitrogens with one attached hydrogen (secondary N) is 1. The molecule has 156 valence electrons. The Morgan fingerprint density at radius 3 is 2.57 bits per heavy atom. The van der Waals surface area contributed by atoms with Gasteiger partial charge in [-0.2, -0.15) is 0 Å². The van der Waals surface area contributed by atoms with E-state index in [-0.39, 0.29) is 11.4 Å². The Bertz CT molecular complexity index is 1160. The first-order valence-electron chi connectivity index (χ1n) is 9.99. The van der Waals surface area contributed by atoms with Gasteiger partial charge in [-0.15, -0.1) is 0 Å². The molecule has 6 nitrogen and oxygen atoms in total. The van der Waals surface area contributed by atoms with Crippen LogP contribution in [-0.4, -0.2) is 53.4 Å². The van der Waals surface area contributed by atoms with E-state index in [2.05, 4.69) is 75.4 Å². The third-order valence-corrected chi connectivity index (χ3v) is 6.50. The van der Waals surface area contributed by atoms with E-state index in [9.17, 15) is 9.90 Å². The molecule has 1 aromatic heterocycles. The molecule has 4 rings (SSSR count). The summed E-state index contributed by atoms with van der Waals surface area (Å²) in [6, 6.07) is 14.6. The quantitative estimate of drug-likeness (QED) is 0.406. The smallest absolute Gasteiger partial charge is 0.258 e. The molecule has 1 aliphatic rings. The lowest BCUT2D eigenvalue weighted by Crippen LogP contribution is -2.55. The highest BCUT2D eigenvalue weighted by Gasteiger charge is 2.26. The van der Waals surface area contributed by atoms with Crippen LogP contribution in [0.1, 0.15) is 19.4 Å². The number of aromatic amines is 1. The molecule has 2 aromatic carbocycles. The van der Waals surface area contributed by atoms with E-state index in [0.29, 0.717) is 28.4 Å². The third-order valence-electron chi connectivity index (χ3n) is 5.83. The summed E-state index contributed by atoms with van der Waals surface area (Å²) in [7, 11) is 2.17. The van der Waals surface area contributed by atoms with Gasteiger partial charge in [0.2, 0.25) is 5.88 Å². The number of hydrogen-bond acceptors (Lipinski definition) is 5. The predicted molar refractivity (Wildman–Crippen MR) is 132 cm³/mol. The second kappa shape index (κ2) is 8.39. The molecule has 1 aliphatic heterocycles. The second-order valence-corrected chi connectivity index (χ2v) is 9.22. The summed E-state index contributed by atoms with van der Waals surface area (Å²) in [6.45, 7) is 6.54. The lowest BCUT2D eigenvalue weighted by molar-refractivity contribution is 0.206. The Morgan fingerprint density at radius 2 is 1.83 bits per heavy atom. The van der Waals surface area contributed by atoms with Gasteiger partial charge in [0.15, 0.2) is 0 Å². The van der Waals surface area contributed by atoms with E-state index in [1.807, 2.05) is 24.3 Å². The predicted octanol–water partition coefficient (Wildman–Crippen LogP) is 4.12. The first-order valence-corrected chi connectivity index (χ1v) is 11.1. The number of piperazine rings is 1. The van der Waals surface area contributed by atoms with Crippen molar-refractivity contribution in [3.63, 3.8) is 0 Å². The molecule has 2 heterocycles. The highest BCUT2D eigenvalue weighted by atomic mass is 127. The molecule has 0 aliphatic carbocycles. The zero-order valence-electron chi connectivity index (χ0n) is 17.3. The maximum Gasteiger partial charge on any atom is 0.258 e. The van der Waals surface area contributed by atoms with Crippen molar-refractivity contribution in [3.8, 4) is 5.88 Å². The minimum atomic E-state index is -0.309. The average molecular weight is 516 g/mol. The van der Waals surface area contributed by atoms with E-state index in [1.54, 1.807) is 12.3 Å². The van der Waals surface area contributed by atoms with E-state index in [4.69, 9.17) is 0 Å². The number of likely N-dealkylation sites (N-methyl/N-ethyl adjacent to an activating group) is 1. The van der Waals surface area contributed by atoms with Crippen molar-refractivity contribution >= 4 is 51.0 Å². The molecule has 1 fully saturated rings. The fraction of sp³-hybridized carbons (Fsp3) is 0.304. The fourth-order valence-electron chi connectivity index (χ4n) is 3.97. The number of nitrogens with zero attached hydrogens (tertiary/aromatic N) is 3. The van der Waals surface area contributed by atoms with Gasteiger partial charge in [0.05, 0.1) is 11.3 Å². The number of fused-ring (bicyclic) bond motifs is 1. The number of H-pyrrole nitrogens is 1. The molecule has 2 N–H and O–H groups in total. The van der Waals surface area contributed by atoms with Gasteiger partial charge >= 0.3 is 0 Å². The van der Waals surface area contributed by atoms with E-state index in [1.165, 1.54) is 5.69 Å². The van der Waals surface area contributed by atoms with Crippen LogP contribution >= 0.6 is 22.6 Å². The van der Waals surface area contributed by atoms with Gasteiger partial charge in [-0.25, -0.2) is 0 Å². The van der Waals surface area contributed by atoms with E-state index in [0.717, 1.165) is 22.3 Å². The highest BCUT2D eigenvalue weighted by molar-refractivity contribution is 14.1. The molecule has 0 unspecified atom stereocenters. The molecule has 1 saturated heterocycles. The molecular weight excluding hydrogens is 491 g/mol. The van der Waals surface area contributed by atoms with Crippen molar-refractivity contribution < 1.29 is 5.11 Å². The van der Waals surface area contributed by atoms with E-state index >= 15 is 0 Å². The normalized spacial score (nSPS) is 20.3. The van der Waals surface area contributed by atoms with Crippen LogP contribution in [0.2, 0.25) is 0 Å². The van der Waals surface area contributed by atoms with Crippen molar-refractivity contribution in [3.05, 3.63) is 62.0 Å². The van der Waals surface area contributed by atoms with Crippen molar-refractivity contribution in [2.45, 2.75) is 25.9 Å². The van der Waals surface area contributed by atoms with Crippen LogP contribution in [0.15, 0.2) is 52.3 Å². The van der Waals surface area contributed by atoms with Crippen LogP contribution in [0.25, 0.3) is 10.8 Å². The van der Waals surface area contributed by atoms with Gasteiger partial charge in [-0.05, 0) is 86.0 Å². The van der Waals surface area contributed by atoms with Gasteiger partial charge < -0.3 is 10.0 Å². The van der Waals surface area contributed by atoms with Crippen LogP contribution in [0, 0.1) is 3.57 Å². The van der Waals surface area contributed by atoms with Gasteiger partial charge in [-0.1, -0.05) is 0 Å². The molecule has 0 bridgehead atoms. The summed E-state index contributed by atoms with van der Waals surface area (Å²) in [5.74, 6) is -0.171. The zero-order valence-corrected chi connectivity index (χ0v) is 19.4. The molecule has 0 spiro atoms. The number of aromatic nitrogens is 1. The molecule has 3 aromatic rings. The van der Waals surface area contributed by atoms with E-state index < -0.39 is 0 Å². The Labute approximate surface area is 189 Å². The van der Waals surface area contributed by atoms with Gasteiger partial charge in [-0.3, -0.25) is 19.7 Å². The lowest BCUT2D eigenvalue weighted by atomic mass is 10.1. The van der Waals surface area contributed by atoms with Crippen LogP contribution in [-0.2, 0) is 0 Å². The second-order valence-electron chi connectivity index (χ2n) is 7.97. The number of aliphatic imine (C=N–C) groups is 1. The number of hydrogen-bond donors (Lipinski definition) is 2. The molecular formula is C23H25IN4O2. The monoisotopic (exact) mass is 516 g/mol. The summed E-state index contributed by atoms with van der Waals surface area (Å²) < 4.78 is 0.986. The Hall–Kier alpha value is -2.39. The fourth-order valence-corrected chi connectivity index (χ4v) is 4.46. The summed E-state index contributed by atoms with van der Waals surface area (Å²) in [5.41, 5.74) is 2.18. The van der Waals surface area contributed by atoms with Crippen molar-refractivity contribution in [1.82, 2.24) is 9.88 Å². The van der Waals surface area contributed by atoms with Gasteiger partial charge in [0, 0.05) is 51.4 Å². The number of anilines is 1. The van der Waals surface area contributed by atoms with Crippen molar-refractivity contribution in [2.75, 3.05) is 25.0 Å². The van der Waals surface area contributed by atoms with Crippen molar-refractivity contribution in [2.24, 2.45) is 4.99 Å². The number of benzene rings is 2. The minimum Gasteiger partial charge on any atom is -0.494 e. The van der Waals surface area contributed by atoms with Crippen molar-refractivity contribution in [1.29, 1.82) is 0 Å². The Balaban J connectivity index is 1.61. The van der Waals surface area contributed by atoms with Gasteiger partial charge in [0.1, 0.15) is 0 Å². The van der Waals surface area contributed by atoms with Crippen LogP contribution in [0.3, 0.4) is 0 Å². The van der Waals surface area contributed by atoms with Crippen LogP contribution in [0.5, 0.6) is 5.88 Å². The zero-order chi connectivity index (χ0) is 21.4. The summed E-state index contributed by atoms with van der Waals surface area (Å²) in [6.07, 6.45) is 1.61. The largest absolute Gasteiger partial charge is 0.494 e. The number of halogens is 1. The maximum absolute atomic E-state index is 12.1. The standard InChI is InChI=1S/C23H25IN4O2/c1-14-13-28(15(2)12-27(14)3)18-7-5-17(6-8-18)25-11-21-20-10-16(24)4-9-19(20)22(29)26-23(21)30/h4-11,14-15H,12-13H2,1-3H3,(H2,26,29,30)/t14-,15+/m1/s1.